The van der Waals surface area contributed by atoms with Gasteiger partial charge in [0.15, 0.2) is 0 Å². The Kier molecular flexibility index (Phi) is 3.59. The van der Waals surface area contributed by atoms with Crippen molar-refractivity contribution in [3.8, 4) is 5.75 Å². The standard InChI is InChI=1S/C12H15N3O2/c1-14-10-13-15(12(14)16)8-5-9-17-11-6-3-2-4-7-11/h2-4,6-7,10H,5,8-9H2,1H3. The van der Waals surface area contributed by atoms with Gasteiger partial charge >= 0.3 is 5.69 Å². The van der Waals surface area contributed by atoms with Crippen LogP contribution in [0, 0.1) is 0 Å². The summed E-state index contributed by atoms with van der Waals surface area (Å²) in [4.78, 5) is 11.5. The van der Waals surface area contributed by atoms with Crippen LogP contribution in [-0.2, 0) is 13.6 Å². The van der Waals surface area contributed by atoms with Crippen LogP contribution in [0.5, 0.6) is 5.75 Å². The normalized spacial score (nSPS) is 10.4. The number of hydrogen-bond donors (Lipinski definition) is 0. The highest BCUT2D eigenvalue weighted by molar-refractivity contribution is 5.20. The Hall–Kier alpha value is -2.04. The van der Waals surface area contributed by atoms with E-state index in [4.69, 9.17) is 4.74 Å². The predicted octanol–water partition coefficient (Wildman–Crippen LogP) is 1.05. The topological polar surface area (TPSA) is 49.0 Å². The molecule has 0 amide bonds. The average molecular weight is 233 g/mol. The maximum absolute atomic E-state index is 11.5. The number of benzene rings is 1. The van der Waals surface area contributed by atoms with Crippen LogP contribution < -0.4 is 10.4 Å². The van der Waals surface area contributed by atoms with E-state index in [1.165, 1.54) is 15.6 Å². The molecule has 0 bridgehead atoms. The van der Waals surface area contributed by atoms with Gasteiger partial charge in [0.25, 0.3) is 0 Å². The maximum atomic E-state index is 11.5. The van der Waals surface area contributed by atoms with Crippen molar-refractivity contribution in [2.45, 2.75) is 13.0 Å². The van der Waals surface area contributed by atoms with E-state index in [1.807, 2.05) is 30.3 Å². The van der Waals surface area contributed by atoms with Crippen molar-refractivity contribution in [1.29, 1.82) is 0 Å². The summed E-state index contributed by atoms with van der Waals surface area (Å²) in [7, 11) is 1.69. The van der Waals surface area contributed by atoms with Gasteiger partial charge in [0, 0.05) is 20.0 Å². The molecule has 17 heavy (non-hydrogen) atoms. The molecule has 0 atom stereocenters. The maximum Gasteiger partial charge on any atom is 0.345 e. The molecule has 0 aliphatic carbocycles. The summed E-state index contributed by atoms with van der Waals surface area (Å²) >= 11 is 0. The van der Waals surface area contributed by atoms with Crippen LogP contribution in [0.25, 0.3) is 0 Å². The molecular formula is C12H15N3O2. The first kappa shape index (κ1) is 11.4. The van der Waals surface area contributed by atoms with Crippen molar-refractivity contribution in [2.24, 2.45) is 7.05 Å². The lowest BCUT2D eigenvalue weighted by molar-refractivity contribution is 0.297. The third-order valence-corrected chi connectivity index (χ3v) is 2.41. The fraction of sp³-hybridized carbons (Fsp3) is 0.333. The monoisotopic (exact) mass is 233 g/mol. The molecule has 0 saturated carbocycles. The van der Waals surface area contributed by atoms with E-state index >= 15 is 0 Å². The Balaban J connectivity index is 1.77. The minimum absolute atomic E-state index is 0.0929. The summed E-state index contributed by atoms with van der Waals surface area (Å²) in [6.45, 7) is 1.15. The molecule has 5 heteroatoms. The highest BCUT2D eigenvalue weighted by atomic mass is 16.5. The minimum Gasteiger partial charge on any atom is -0.494 e. The van der Waals surface area contributed by atoms with Crippen molar-refractivity contribution in [2.75, 3.05) is 6.61 Å². The van der Waals surface area contributed by atoms with Crippen LogP contribution in [0.1, 0.15) is 6.42 Å². The fourth-order valence-electron chi connectivity index (χ4n) is 1.50. The SMILES string of the molecule is Cn1cnn(CCCOc2ccccc2)c1=O. The Morgan fingerprint density at radius 3 is 2.71 bits per heavy atom. The molecule has 1 aromatic carbocycles. The fourth-order valence-corrected chi connectivity index (χ4v) is 1.50. The third kappa shape index (κ3) is 2.96. The van der Waals surface area contributed by atoms with Gasteiger partial charge in [0.2, 0.25) is 0 Å². The molecule has 5 nitrogen and oxygen atoms in total. The van der Waals surface area contributed by atoms with E-state index in [0.717, 1.165) is 12.2 Å². The van der Waals surface area contributed by atoms with Crippen molar-refractivity contribution in [3.63, 3.8) is 0 Å². The van der Waals surface area contributed by atoms with E-state index in [-0.39, 0.29) is 5.69 Å². The van der Waals surface area contributed by atoms with Crippen LogP contribution in [-0.4, -0.2) is 21.0 Å². The molecule has 1 aromatic heterocycles. The van der Waals surface area contributed by atoms with Gasteiger partial charge < -0.3 is 4.74 Å². The first-order valence-electron chi connectivity index (χ1n) is 5.53. The molecule has 0 aliphatic rings. The predicted molar refractivity (Wildman–Crippen MR) is 64.0 cm³/mol. The average Bonchev–Trinajstić information content (AvgIpc) is 2.67. The largest absolute Gasteiger partial charge is 0.494 e. The lowest BCUT2D eigenvalue weighted by atomic mass is 10.3. The molecule has 0 spiro atoms. The molecular weight excluding hydrogens is 218 g/mol. The molecule has 0 unspecified atom stereocenters. The molecule has 90 valence electrons. The molecule has 0 radical (unpaired) electrons. The third-order valence-electron chi connectivity index (χ3n) is 2.41. The molecule has 0 aliphatic heterocycles. The second kappa shape index (κ2) is 5.34. The molecule has 0 fully saturated rings. The van der Waals surface area contributed by atoms with Crippen molar-refractivity contribution >= 4 is 0 Å². The van der Waals surface area contributed by atoms with Gasteiger partial charge in [-0.15, -0.1) is 0 Å². The Labute approximate surface area is 99.3 Å². The Morgan fingerprint density at radius 2 is 2.06 bits per heavy atom. The molecule has 0 saturated heterocycles. The Morgan fingerprint density at radius 1 is 1.29 bits per heavy atom. The number of nitrogens with zero attached hydrogens (tertiary/aromatic N) is 3. The number of ether oxygens (including phenoxy) is 1. The van der Waals surface area contributed by atoms with E-state index < -0.39 is 0 Å². The number of para-hydroxylation sites is 1. The number of rotatable bonds is 5. The van der Waals surface area contributed by atoms with Crippen molar-refractivity contribution < 1.29 is 4.74 Å². The van der Waals surface area contributed by atoms with Gasteiger partial charge in [0.1, 0.15) is 12.1 Å². The summed E-state index contributed by atoms with van der Waals surface area (Å²) in [5, 5.41) is 3.97. The zero-order valence-electron chi connectivity index (χ0n) is 9.74. The van der Waals surface area contributed by atoms with Gasteiger partial charge in [-0.25, -0.2) is 9.48 Å². The molecule has 0 N–H and O–H groups in total. The van der Waals surface area contributed by atoms with E-state index in [9.17, 15) is 4.79 Å². The van der Waals surface area contributed by atoms with Crippen molar-refractivity contribution in [1.82, 2.24) is 14.3 Å². The lowest BCUT2D eigenvalue weighted by Gasteiger charge is -2.05. The number of hydrogen-bond acceptors (Lipinski definition) is 3. The first-order chi connectivity index (χ1) is 8.27. The van der Waals surface area contributed by atoms with E-state index in [0.29, 0.717) is 13.2 Å². The zero-order valence-corrected chi connectivity index (χ0v) is 9.74. The molecule has 2 aromatic rings. The van der Waals surface area contributed by atoms with Crippen LogP contribution in [0.4, 0.5) is 0 Å². The van der Waals surface area contributed by atoms with Gasteiger partial charge in [-0.3, -0.25) is 4.57 Å². The quantitative estimate of drug-likeness (QED) is 0.725. The summed E-state index contributed by atoms with van der Waals surface area (Å²) in [6.07, 6.45) is 2.27. The lowest BCUT2D eigenvalue weighted by Crippen LogP contribution is -2.23. The second-order valence-corrected chi connectivity index (χ2v) is 3.76. The number of aryl methyl sites for hydroxylation is 2. The van der Waals surface area contributed by atoms with Gasteiger partial charge in [-0.1, -0.05) is 18.2 Å². The van der Waals surface area contributed by atoms with Crippen LogP contribution in [0.2, 0.25) is 0 Å². The number of aromatic nitrogens is 3. The highest BCUT2D eigenvalue weighted by Crippen LogP contribution is 2.08. The Bertz CT molecular complexity index is 516. The summed E-state index contributed by atoms with van der Waals surface area (Å²) in [6, 6.07) is 9.62. The highest BCUT2D eigenvalue weighted by Gasteiger charge is 2.00. The summed E-state index contributed by atoms with van der Waals surface area (Å²) < 4.78 is 8.42. The first-order valence-corrected chi connectivity index (χ1v) is 5.53. The van der Waals surface area contributed by atoms with Crippen LogP contribution in [0.3, 0.4) is 0 Å². The summed E-state index contributed by atoms with van der Waals surface area (Å²) in [5.41, 5.74) is -0.0929. The van der Waals surface area contributed by atoms with Gasteiger partial charge in [-0.05, 0) is 12.1 Å². The smallest absolute Gasteiger partial charge is 0.345 e. The van der Waals surface area contributed by atoms with E-state index in [2.05, 4.69) is 5.10 Å². The van der Waals surface area contributed by atoms with Gasteiger partial charge in [-0.2, -0.15) is 5.10 Å². The van der Waals surface area contributed by atoms with E-state index in [1.54, 1.807) is 7.05 Å². The second-order valence-electron chi connectivity index (χ2n) is 3.76. The van der Waals surface area contributed by atoms with Crippen LogP contribution >= 0.6 is 0 Å². The van der Waals surface area contributed by atoms with Crippen LogP contribution in [0.15, 0.2) is 41.5 Å². The van der Waals surface area contributed by atoms with Crippen molar-refractivity contribution in [3.05, 3.63) is 47.1 Å². The zero-order chi connectivity index (χ0) is 12.1. The molecule has 2 rings (SSSR count). The minimum atomic E-state index is -0.0929. The van der Waals surface area contributed by atoms with Gasteiger partial charge in [0.05, 0.1) is 6.61 Å². The summed E-state index contributed by atoms with van der Waals surface area (Å²) in [5.74, 6) is 0.848. The molecule has 1 heterocycles.